The van der Waals surface area contributed by atoms with Gasteiger partial charge in [0.25, 0.3) is 0 Å². The van der Waals surface area contributed by atoms with Crippen LogP contribution in [0.1, 0.15) is 12.5 Å². The lowest BCUT2D eigenvalue weighted by Gasteiger charge is -2.17. The fourth-order valence-corrected chi connectivity index (χ4v) is 3.49. The summed E-state index contributed by atoms with van der Waals surface area (Å²) in [6.45, 7) is 2.57. The molecule has 0 aliphatic carbocycles. The predicted molar refractivity (Wildman–Crippen MR) is 94.3 cm³/mol. The fraction of sp³-hybridized carbons (Fsp3) is 0.222. The number of para-hydroxylation sites is 1. The summed E-state index contributed by atoms with van der Waals surface area (Å²) in [5, 5.41) is 0.751. The van der Waals surface area contributed by atoms with Crippen molar-refractivity contribution in [3.05, 3.63) is 54.1 Å². The molecule has 1 heterocycles. The van der Waals surface area contributed by atoms with Crippen LogP contribution in [-0.2, 0) is 11.2 Å². The lowest BCUT2D eigenvalue weighted by molar-refractivity contribution is -0.117. The van der Waals surface area contributed by atoms with Crippen molar-refractivity contribution < 1.29 is 9.53 Å². The zero-order chi connectivity index (χ0) is 16.2. The van der Waals surface area contributed by atoms with Gasteiger partial charge in [0.05, 0.1) is 23.7 Å². The van der Waals surface area contributed by atoms with Crippen LogP contribution in [0.15, 0.2) is 48.5 Å². The number of benzene rings is 2. The van der Waals surface area contributed by atoms with Gasteiger partial charge in [0.15, 0.2) is 5.13 Å². The summed E-state index contributed by atoms with van der Waals surface area (Å²) >= 11 is 1.55. The third kappa shape index (κ3) is 3.35. The van der Waals surface area contributed by atoms with Crippen molar-refractivity contribution in [2.24, 2.45) is 0 Å². The topological polar surface area (TPSA) is 42.4 Å². The Morgan fingerprint density at radius 3 is 2.78 bits per heavy atom. The lowest BCUT2D eigenvalue weighted by atomic mass is 10.1. The van der Waals surface area contributed by atoms with Gasteiger partial charge in [-0.15, -0.1) is 0 Å². The molecule has 0 radical (unpaired) electrons. The molecular weight excluding hydrogens is 308 g/mol. The number of carbonyl (C=O) groups excluding carboxylic acids is 1. The van der Waals surface area contributed by atoms with E-state index in [0.717, 1.165) is 26.7 Å². The Bertz CT molecular complexity index is 796. The van der Waals surface area contributed by atoms with Gasteiger partial charge < -0.3 is 4.74 Å². The number of aromatic nitrogens is 1. The van der Waals surface area contributed by atoms with Crippen LogP contribution in [0.3, 0.4) is 0 Å². The smallest absolute Gasteiger partial charge is 0.233 e. The number of thiazole rings is 1. The second-order valence-corrected chi connectivity index (χ2v) is 6.14. The van der Waals surface area contributed by atoms with E-state index < -0.39 is 0 Å². The van der Waals surface area contributed by atoms with Crippen LogP contribution in [0.25, 0.3) is 10.2 Å². The molecular formula is C18H18N2O2S. The number of fused-ring (bicyclic) bond motifs is 1. The van der Waals surface area contributed by atoms with Gasteiger partial charge in [-0.05, 0) is 36.8 Å². The first-order valence-corrected chi connectivity index (χ1v) is 8.31. The molecule has 1 amide bonds. The van der Waals surface area contributed by atoms with Crippen molar-refractivity contribution in [3.8, 4) is 5.75 Å². The van der Waals surface area contributed by atoms with Crippen LogP contribution >= 0.6 is 11.3 Å². The Kier molecular flexibility index (Phi) is 4.57. The van der Waals surface area contributed by atoms with Crippen LogP contribution in [-0.4, -0.2) is 24.5 Å². The number of nitrogens with zero attached hydrogens (tertiary/aromatic N) is 2. The second-order valence-electron chi connectivity index (χ2n) is 5.13. The number of amides is 1. The van der Waals surface area contributed by atoms with Crippen LogP contribution in [0.2, 0.25) is 0 Å². The van der Waals surface area contributed by atoms with Crippen molar-refractivity contribution in [3.63, 3.8) is 0 Å². The molecule has 0 saturated carbocycles. The average molecular weight is 326 g/mol. The summed E-state index contributed by atoms with van der Waals surface area (Å²) in [6.07, 6.45) is 0.334. The highest BCUT2D eigenvalue weighted by Gasteiger charge is 2.18. The van der Waals surface area contributed by atoms with Gasteiger partial charge in [0.1, 0.15) is 5.75 Å². The van der Waals surface area contributed by atoms with Gasteiger partial charge in [-0.2, -0.15) is 0 Å². The van der Waals surface area contributed by atoms with E-state index in [1.54, 1.807) is 23.3 Å². The van der Waals surface area contributed by atoms with E-state index in [1.165, 1.54) is 0 Å². The minimum absolute atomic E-state index is 0.0415. The normalized spacial score (nSPS) is 10.7. The maximum Gasteiger partial charge on any atom is 0.233 e. The van der Waals surface area contributed by atoms with Gasteiger partial charge in [-0.1, -0.05) is 35.6 Å². The molecule has 0 unspecified atom stereocenters. The maximum atomic E-state index is 12.7. The number of carbonyl (C=O) groups is 1. The zero-order valence-corrected chi connectivity index (χ0v) is 14.0. The molecule has 1 aromatic heterocycles. The molecule has 0 saturated heterocycles. The molecule has 0 aliphatic rings. The number of likely N-dealkylation sites (N-methyl/N-ethyl adjacent to an activating group) is 1. The minimum Gasteiger partial charge on any atom is -0.497 e. The van der Waals surface area contributed by atoms with Crippen molar-refractivity contribution in [1.82, 2.24) is 4.98 Å². The van der Waals surface area contributed by atoms with Gasteiger partial charge in [0, 0.05) is 6.54 Å². The van der Waals surface area contributed by atoms with E-state index in [4.69, 9.17) is 4.74 Å². The fourth-order valence-electron chi connectivity index (χ4n) is 2.45. The third-order valence-electron chi connectivity index (χ3n) is 3.62. The lowest BCUT2D eigenvalue weighted by Crippen LogP contribution is -2.31. The van der Waals surface area contributed by atoms with Crippen molar-refractivity contribution in [1.29, 1.82) is 0 Å². The predicted octanol–water partition coefficient (Wildman–Crippen LogP) is 3.90. The van der Waals surface area contributed by atoms with E-state index in [0.29, 0.717) is 13.0 Å². The maximum absolute atomic E-state index is 12.7. The Morgan fingerprint density at radius 2 is 2.04 bits per heavy atom. The molecule has 0 fully saturated rings. The Labute approximate surface area is 139 Å². The first-order valence-electron chi connectivity index (χ1n) is 7.50. The first-order chi connectivity index (χ1) is 11.2. The van der Waals surface area contributed by atoms with Gasteiger partial charge in [-0.25, -0.2) is 4.98 Å². The first kappa shape index (κ1) is 15.5. The van der Waals surface area contributed by atoms with E-state index >= 15 is 0 Å². The Morgan fingerprint density at radius 1 is 1.22 bits per heavy atom. The molecule has 0 N–H and O–H groups in total. The van der Waals surface area contributed by atoms with E-state index in [-0.39, 0.29) is 5.91 Å². The summed E-state index contributed by atoms with van der Waals surface area (Å²) < 4.78 is 6.31. The average Bonchev–Trinajstić information content (AvgIpc) is 2.99. The van der Waals surface area contributed by atoms with Crippen LogP contribution in [0, 0.1) is 0 Å². The van der Waals surface area contributed by atoms with Crippen LogP contribution in [0.4, 0.5) is 5.13 Å². The Balaban J connectivity index is 1.83. The van der Waals surface area contributed by atoms with Crippen LogP contribution in [0.5, 0.6) is 5.75 Å². The zero-order valence-electron chi connectivity index (χ0n) is 13.2. The highest BCUT2D eigenvalue weighted by atomic mass is 32.1. The summed E-state index contributed by atoms with van der Waals surface area (Å²) in [7, 11) is 1.63. The molecule has 0 bridgehead atoms. The molecule has 2 aromatic carbocycles. The third-order valence-corrected chi connectivity index (χ3v) is 4.68. The largest absolute Gasteiger partial charge is 0.497 e. The van der Waals surface area contributed by atoms with Gasteiger partial charge in [0.2, 0.25) is 5.91 Å². The summed E-state index contributed by atoms with van der Waals surface area (Å²) in [5.74, 6) is 0.804. The number of hydrogen-bond donors (Lipinski definition) is 0. The van der Waals surface area contributed by atoms with E-state index in [2.05, 4.69) is 4.98 Å². The van der Waals surface area contributed by atoms with Gasteiger partial charge in [-0.3, -0.25) is 9.69 Å². The molecule has 23 heavy (non-hydrogen) atoms. The minimum atomic E-state index is 0.0415. The number of hydrogen-bond acceptors (Lipinski definition) is 4. The monoisotopic (exact) mass is 326 g/mol. The van der Waals surface area contributed by atoms with Crippen molar-refractivity contribution in [2.75, 3.05) is 18.6 Å². The highest BCUT2D eigenvalue weighted by Crippen LogP contribution is 2.29. The molecule has 4 nitrogen and oxygen atoms in total. The van der Waals surface area contributed by atoms with E-state index in [9.17, 15) is 4.79 Å². The van der Waals surface area contributed by atoms with Crippen molar-refractivity contribution >= 4 is 32.6 Å². The van der Waals surface area contributed by atoms with E-state index in [1.807, 2.05) is 55.5 Å². The van der Waals surface area contributed by atoms with Crippen LogP contribution < -0.4 is 9.64 Å². The standard InChI is InChI=1S/C18H18N2O2S/c1-3-20(18-19-15-9-4-5-10-16(15)23-18)17(21)12-13-7-6-8-14(11-13)22-2/h4-11H,3,12H2,1-2H3. The highest BCUT2D eigenvalue weighted by molar-refractivity contribution is 7.22. The Hall–Kier alpha value is -2.40. The quantitative estimate of drug-likeness (QED) is 0.714. The molecule has 0 spiro atoms. The SMILES string of the molecule is CCN(C(=O)Cc1cccc(OC)c1)c1nc2ccccc2s1. The summed E-state index contributed by atoms with van der Waals surface area (Å²) in [5.41, 5.74) is 1.87. The summed E-state index contributed by atoms with van der Waals surface area (Å²) in [4.78, 5) is 19.0. The molecule has 5 heteroatoms. The number of methoxy groups -OCH3 is 1. The molecule has 0 aliphatic heterocycles. The van der Waals surface area contributed by atoms with Gasteiger partial charge >= 0.3 is 0 Å². The molecule has 118 valence electrons. The molecule has 3 aromatic rings. The summed E-state index contributed by atoms with van der Waals surface area (Å²) in [6, 6.07) is 15.5. The second kappa shape index (κ2) is 6.79. The number of ether oxygens (including phenoxy) is 1. The number of rotatable bonds is 5. The van der Waals surface area contributed by atoms with Crippen molar-refractivity contribution in [2.45, 2.75) is 13.3 Å². The molecule has 0 atom stereocenters. The molecule has 3 rings (SSSR count). The number of anilines is 1.